The van der Waals surface area contributed by atoms with Crippen LogP contribution in [0.1, 0.15) is 12.8 Å². The normalized spacial score (nSPS) is 13.6. The van der Waals surface area contributed by atoms with Gasteiger partial charge in [-0.3, -0.25) is 0 Å². The lowest BCUT2D eigenvalue weighted by Crippen LogP contribution is -2.36. The number of alkyl halides is 8. The molecular formula is C7H6F8O2. The summed E-state index contributed by atoms with van der Waals surface area (Å²) in [7, 11) is 0. The minimum atomic E-state index is -5.78. The molecule has 0 atom stereocenters. The first kappa shape index (κ1) is 15.9. The molecule has 0 rings (SSSR count). The fourth-order valence-corrected chi connectivity index (χ4v) is 0.683. The number of hydrogen-bond acceptors (Lipinski definition) is 2. The van der Waals surface area contributed by atoms with Crippen molar-refractivity contribution in [1.82, 2.24) is 0 Å². The third-order valence-corrected chi connectivity index (χ3v) is 1.51. The highest BCUT2D eigenvalue weighted by atomic mass is 19.4. The average Bonchev–Trinajstić information content (AvgIpc) is 2.08. The van der Waals surface area contributed by atoms with Crippen LogP contribution in [0.5, 0.6) is 0 Å². The SMILES string of the molecule is O=C(OCCCC(F)(F)C(F)(F)F)C(F)(F)F. The van der Waals surface area contributed by atoms with Crippen LogP contribution in [-0.2, 0) is 9.53 Å². The van der Waals surface area contributed by atoms with E-state index in [2.05, 4.69) is 4.74 Å². The van der Waals surface area contributed by atoms with Gasteiger partial charge in [0.15, 0.2) is 0 Å². The van der Waals surface area contributed by atoms with Crippen LogP contribution in [0.3, 0.4) is 0 Å². The van der Waals surface area contributed by atoms with Gasteiger partial charge in [0.2, 0.25) is 0 Å². The highest BCUT2D eigenvalue weighted by Gasteiger charge is 2.56. The Bertz CT molecular complexity index is 266. The van der Waals surface area contributed by atoms with E-state index in [0.717, 1.165) is 0 Å². The zero-order chi connectivity index (χ0) is 13.9. The molecule has 0 aliphatic heterocycles. The summed E-state index contributed by atoms with van der Waals surface area (Å²) >= 11 is 0. The molecule has 0 aromatic carbocycles. The molecule has 0 saturated carbocycles. The molecule has 102 valence electrons. The van der Waals surface area contributed by atoms with Crippen molar-refractivity contribution in [3.8, 4) is 0 Å². The number of carbonyl (C=O) groups excluding carboxylic acids is 1. The molecule has 10 heteroatoms. The van der Waals surface area contributed by atoms with Gasteiger partial charge in [-0.2, -0.15) is 35.1 Å². The summed E-state index contributed by atoms with van der Waals surface area (Å²) in [5, 5.41) is 0. The average molecular weight is 274 g/mol. The zero-order valence-electron chi connectivity index (χ0n) is 7.96. The van der Waals surface area contributed by atoms with E-state index in [1.807, 2.05) is 0 Å². The van der Waals surface area contributed by atoms with E-state index in [-0.39, 0.29) is 0 Å². The molecule has 0 fully saturated rings. The largest absolute Gasteiger partial charge is 0.490 e. The standard InChI is InChI=1S/C7H6F8O2/c8-5(9,7(13,14)15)2-1-3-17-4(16)6(10,11)12/h1-3H2. The molecule has 0 unspecified atom stereocenters. The van der Waals surface area contributed by atoms with E-state index < -0.39 is 43.7 Å². The molecule has 0 aliphatic rings. The summed E-state index contributed by atoms with van der Waals surface area (Å²) in [5.41, 5.74) is 0. The van der Waals surface area contributed by atoms with Gasteiger partial charge in [0.1, 0.15) is 0 Å². The van der Waals surface area contributed by atoms with Crippen LogP contribution >= 0.6 is 0 Å². The monoisotopic (exact) mass is 274 g/mol. The van der Waals surface area contributed by atoms with Crippen molar-refractivity contribution in [1.29, 1.82) is 0 Å². The van der Waals surface area contributed by atoms with Crippen LogP contribution in [0.4, 0.5) is 35.1 Å². The van der Waals surface area contributed by atoms with Gasteiger partial charge in [0.05, 0.1) is 6.61 Å². The molecule has 0 amide bonds. The van der Waals surface area contributed by atoms with E-state index >= 15 is 0 Å². The Kier molecular flexibility index (Phi) is 4.72. The third kappa shape index (κ3) is 5.18. The Morgan fingerprint density at radius 3 is 1.76 bits per heavy atom. The molecule has 0 radical (unpaired) electrons. The maximum atomic E-state index is 12.2. The third-order valence-electron chi connectivity index (χ3n) is 1.51. The second kappa shape index (κ2) is 5.05. The number of hydrogen-bond donors (Lipinski definition) is 0. The molecular weight excluding hydrogens is 268 g/mol. The van der Waals surface area contributed by atoms with Crippen molar-refractivity contribution in [2.24, 2.45) is 0 Å². The van der Waals surface area contributed by atoms with Crippen LogP contribution in [-0.4, -0.2) is 30.9 Å². The van der Waals surface area contributed by atoms with E-state index in [1.54, 1.807) is 0 Å². The summed E-state index contributed by atoms with van der Waals surface area (Å²) in [6, 6.07) is 0. The van der Waals surface area contributed by atoms with Gasteiger partial charge < -0.3 is 4.74 Å². The van der Waals surface area contributed by atoms with Crippen molar-refractivity contribution < 1.29 is 44.7 Å². The molecule has 0 aromatic heterocycles. The number of carbonyl (C=O) groups is 1. The summed E-state index contributed by atoms with van der Waals surface area (Å²) < 4.78 is 97.1. The van der Waals surface area contributed by atoms with Crippen molar-refractivity contribution >= 4 is 5.97 Å². The molecule has 0 aliphatic carbocycles. The second-order valence-corrected chi connectivity index (χ2v) is 2.94. The molecule has 0 heterocycles. The van der Waals surface area contributed by atoms with E-state index in [1.165, 1.54) is 0 Å². The first-order valence-corrected chi connectivity index (χ1v) is 4.06. The lowest BCUT2D eigenvalue weighted by atomic mass is 10.2. The van der Waals surface area contributed by atoms with E-state index in [9.17, 15) is 39.9 Å². The minimum absolute atomic E-state index is 1.03. The Balaban J connectivity index is 3.99. The maximum absolute atomic E-state index is 12.2. The molecule has 0 spiro atoms. The fourth-order valence-electron chi connectivity index (χ4n) is 0.683. The smallest absolute Gasteiger partial charge is 0.459 e. The number of ether oxygens (including phenoxy) is 1. The van der Waals surface area contributed by atoms with Crippen molar-refractivity contribution in [2.75, 3.05) is 6.61 Å². The van der Waals surface area contributed by atoms with Gasteiger partial charge in [-0.25, -0.2) is 4.79 Å². The second-order valence-electron chi connectivity index (χ2n) is 2.94. The van der Waals surface area contributed by atoms with Crippen LogP contribution in [0, 0.1) is 0 Å². The molecule has 0 N–H and O–H groups in total. The summed E-state index contributed by atoms with van der Waals surface area (Å²) in [4.78, 5) is 10.0. The summed E-state index contributed by atoms with van der Waals surface area (Å²) in [6.45, 7) is -1.16. The molecule has 2 nitrogen and oxygen atoms in total. The van der Waals surface area contributed by atoms with E-state index in [0.29, 0.717) is 0 Å². The minimum Gasteiger partial charge on any atom is -0.459 e. The van der Waals surface area contributed by atoms with Crippen LogP contribution in [0.15, 0.2) is 0 Å². The van der Waals surface area contributed by atoms with Gasteiger partial charge in [-0.15, -0.1) is 0 Å². The fraction of sp³-hybridized carbons (Fsp3) is 0.857. The predicted molar refractivity (Wildman–Crippen MR) is 37.3 cm³/mol. The number of halogens is 8. The van der Waals surface area contributed by atoms with Crippen LogP contribution < -0.4 is 0 Å². The number of esters is 1. The van der Waals surface area contributed by atoms with Crippen molar-refractivity contribution in [3.63, 3.8) is 0 Å². The summed E-state index contributed by atoms with van der Waals surface area (Å²) in [6.07, 6.45) is -13.9. The van der Waals surface area contributed by atoms with Crippen molar-refractivity contribution in [2.45, 2.75) is 31.1 Å². The zero-order valence-corrected chi connectivity index (χ0v) is 7.96. The Morgan fingerprint density at radius 2 is 1.41 bits per heavy atom. The van der Waals surface area contributed by atoms with Gasteiger partial charge >= 0.3 is 24.2 Å². The molecule has 17 heavy (non-hydrogen) atoms. The highest BCUT2D eigenvalue weighted by molar-refractivity contribution is 5.75. The molecule has 0 saturated heterocycles. The Labute approximate surface area is 89.5 Å². The first-order chi connectivity index (χ1) is 7.38. The van der Waals surface area contributed by atoms with Crippen molar-refractivity contribution in [3.05, 3.63) is 0 Å². The maximum Gasteiger partial charge on any atom is 0.490 e. The van der Waals surface area contributed by atoms with Crippen LogP contribution in [0.25, 0.3) is 0 Å². The van der Waals surface area contributed by atoms with Gasteiger partial charge in [-0.05, 0) is 6.42 Å². The van der Waals surface area contributed by atoms with Gasteiger partial charge in [0, 0.05) is 6.42 Å². The van der Waals surface area contributed by atoms with E-state index in [4.69, 9.17) is 0 Å². The highest BCUT2D eigenvalue weighted by Crippen LogP contribution is 2.38. The predicted octanol–water partition coefficient (Wildman–Crippen LogP) is 3.07. The quantitative estimate of drug-likeness (QED) is 0.447. The van der Waals surface area contributed by atoms with Gasteiger partial charge in [0.25, 0.3) is 0 Å². The van der Waals surface area contributed by atoms with Crippen LogP contribution in [0.2, 0.25) is 0 Å². The number of rotatable bonds is 4. The molecule has 0 aromatic rings. The Hall–Kier alpha value is -1.09. The topological polar surface area (TPSA) is 26.3 Å². The Morgan fingerprint density at radius 1 is 0.941 bits per heavy atom. The van der Waals surface area contributed by atoms with Gasteiger partial charge in [-0.1, -0.05) is 0 Å². The lowest BCUT2D eigenvalue weighted by Gasteiger charge is -2.19. The molecule has 0 bridgehead atoms. The summed E-state index contributed by atoms with van der Waals surface area (Å²) in [5.74, 6) is -7.65. The first-order valence-electron chi connectivity index (χ1n) is 4.06. The lowest BCUT2D eigenvalue weighted by molar-refractivity contribution is -0.285.